The third kappa shape index (κ3) is 5.09. The van der Waals surface area contributed by atoms with Gasteiger partial charge in [0.05, 0.1) is 34.8 Å². The molecule has 2 aromatic carbocycles. The summed E-state index contributed by atoms with van der Waals surface area (Å²) < 4.78 is 6.75. The maximum absolute atomic E-state index is 12.5. The smallest absolute Gasteiger partial charge is 0.292 e. The van der Waals surface area contributed by atoms with Crippen molar-refractivity contribution in [3.63, 3.8) is 0 Å². The molecule has 0 spiro atoms. The Morgan fingerprint density at radius 2 is 1.86 bits per heavy atom. The summed E-state index contributed by atoms with van der Waals surface area (Å²) in [7, 11) is 0. The van der Waals surface area contributed by atoms with E-state index in [4.69, 9.17) is 39.5 Å². The van der Waals surface area contributed by atoms with Gasteiger partial charge in [-0.1, -0.05) is 59.9 Å². The Hall–Kier alpha value is -2.54. The molecule has 0 aliphatic rings. The topological polar surface area (TPSA) is 68.5 Å². The van der Waals surface area contributed by atoms with Crippen LogP contribution in [0.3, 0.4) is 0 Å². The van der Waals surface area contributed by atoms with Gasteiger partial charge in [0, 0.05) is 0 Å². The number of nitrogens with one attached hydrogen (secondary N) is 1. The van der Waals surface area contributed by atoms with E-state index in [0.29, 0.717) is 33.7 Å². The molecule has 0 unspecified atom stereocenters. The van der Waals surface area contributed by atoms with Crippen molar-refractivity contribution in [3.05, 3.63) is 79.6 Å². The zero-order valence-electron chi connectivity index (χ0n) is 15.4. The molecular formula is C20H17Cl3N4O2. The molecule has 1 heterocycles. The van der Waals surface area contributed by atoms with Crippen molar-refractivity contribution in [2.45, 2.75) is 13.3 Å². The molecule has 0 bridgehead atoms. The molecule has 0 atom stereocenters. The van der Waals surface area contributed by atoms with E-state index in [1.807, 2.05) is 25.1 Å². The van der Waals surface area contributed by atoms with Crippen LogP contribution in [-0.4, -0.2) is 22.6 Å². The Kier molecular flexibility index (Phi) is 7.14. The van der Waals surface area contributed by atoms with Gasteiger partial charge in [-0.05, 0) is 36.2 Å². The summed E-state index contributed by atoms with van der Waals surface area (Å²) in [5, 5.41) is 8.96. The first-order chi connectivity index (χ1) is 14.0. The van der Waals surface area contributed by atoms with Crippen molar-refractivity contribution >= 4 is 46.7 Å². The van der Waals surface area contributed by atoms with Crippen molar-refractivity contribution in [2.24, 2.45) is 5.10 Å². The summed E-state index contributed by atoms with van der Waals surface area (Å²) in [6, 6.07) is 12.3. The zero-order valence-corrected chi connectivity index (χ0v) is 17.7. The van der Waals surface area contributed by atoms with E-state index >= 15 is 0 Å². The molecule has 1 aromatic heterocycles. The van der Waals surface area contributed by atoms with E-state index in [1.165, 1.54) is 17.1 Å². The highest BCUT2D eigenvalue weighted by atomic mass is 35.5. The third-order valence-electron chi connectivity index (χ3n) is 3.79. The van der Waals surface area contributed by atoms with Crippen molar-refractivity contribution in [1.29, 1.82) is 0 Å². The standard InChI is InChI=1S/C20H17Cl3N4O2/c1-2-8-29-19-15(21)9-13(10-16(19)22)11-24-26-17-12-25-27(20(28)18(17)23)14-6-4-3-5-7-14/h3-7,9-12,26H,2,8H2,1H3/b24-11-. The number of ether oxygens (including phenoxy) is 1. The Balaban J connectivity index is 1.77. The second-order valence-electron chi connectivity index (χ2n) is 5.96. The molecule has 1 N–H and O–H groups in total. The second kappa shape index (κ2) is 9.78. The van der Waals surface area contributed by atoms with E-state index in [2.05, 4.69) is 15.6 Å². The lowest BCUT2D eigenvalue weighted by Gasteiger charge is -2.10. The van der Waals surface area contributed by atoms with Crippen LogP contribution < -0.4 is 15.7 Å². The van der Waals surface area contributed by atoms with Gasteiger partial charge in [0.15, 0.2) is 5.75 Å². The van der Waals surface area contributed by atoms with Gasteiger partial charge in [0.25, 0.3) is 5.56 Å². The summed E-state index contributed by atoms with van der Waals surface area (Å²) >= 11 is 18.6. The molecule has 150 valence electrons. The molecule has 0 aliphatic heterocycles. The van der Waals surface area contributed by atoms with Gasteiger partial charge in [0.1, 0.15) is 10.7 Å². The second-order valence-corrected chi connectivity index (χ2v) is 7.15. The van der Waals surface area contributed by atoms with Crippen LogP contribution in [-0.2, 0) is 0 Å². The van der Waals surface area contributed by atoms with Crippen LogP contribution in [0.2, 0.25) is 15.1 Å². The number of aromatic nitrogens is 2. The quantitative estimate of drug-likeness (QED) is 0.384. The number of rotatable bonds is 7. The van der Waals surface area contributed by atoms with E-state index in [-0.39, 0.29) is 10.7 Å². The van der Waals surface area contributed by atoms with Crippen LogP contribution in [0.4, 0.5) is 5.69 Å². The van der Waals surface area contributed by atoms with Crippen LogP contribution in [0.1, 0.15) is 18.9 Å². The fourth-order valence-corrected chi connectivity index (χ4v) is 3.22. The van der Waals surface area contributed by atoms with Gasteiger partial charge < -0.3 is 4.74 Å². The van der Waals surface area contributed by atoms with Gasteiger partial charge in [0.2, 0.25) is 0 Å². The fraction of sp³-hybridized carbons (Fsp3) is 0.150. The first-order valence-electron chi connectivity index (χ1n) is 8.75. The lowest BCUT2D eigenvalue weighted by molar-refractivity contribution is 0.318. The molecule has 9 heteroatoms. The Bertz CT molecular complexity index is 1060. The molecule has 0 amide bonds. The normalized spacial score (nSPS) is 11.0. The summed E-state index contributed by atoms with van der Waals surface area (Å²) in [5.74, 6) is 0.442. The maximum atomic E-state index is 12.5. The largest absolute Gasteiger partial charge is 0.490 e. The minimum atomic E-state index is -0.457. The number of anilines is 1. The summed E-state index contributed by atoms with van der Waals surface area (Å²) in [6.45, 7) is 2.52. The third-order valence-corrected chi connectivity index (χ3v) is 4.72. The first kappa shape index (κ1) is 21.2. The van der Waals surface area contributed by atoms with Gasteiger partial charge in [-0.3, -0.25) is 10.2 Å². The zero-order chi connectivity index (χ0) is 20.8. The molecule has 3 aromatic rings. The SMILES string of the molecule is CCCOc1c(Cl)cc(/C=N\Nc2cnn(-c3ccccc3)c(=O)c2Cl)cc1Cl. The van der Waals surface area contributed by atoms with E-state index in [1.54, 1.807) is 24.3 Å². The highest BCUT2D eigenvalue weighted by molar-refractivity contribution is 6.37. The minimum Gasteiger partial charge on any atom is -0.490 e. The Morgan fingerprint density at radius 1 is 1.17 bits per heavy atom. The minimum absolute atomic E-state index is 0.0274. The monoisotopic (exact) mass is 450 g/mol. The van der Waals surface area contributed by atoms with Crippen molar-refractivity contribution in [3.8, 4) is 11.4 Å². The van der Waals surface area contributed by atoms with Gasteiger partial charge >= 0.3 is 0 Å². The number of benzene rings is 2. The van der Waals surface area contributed by atoms with Crippen LogP contribution in [0, 0.1) is 0 Å². The average Bonchev–Trinajstić information content (AvgIpc) is 2.71. The summed E-state index contributed by atoms with van der Waals surface area (Å²) in [4.78, 5) is 12.5. The number of nitrogens with zero attached hydrogens (tertiary/aromatic N) is 3. The highest BCUT2D eigenvalue weighted by Gasteiger charge is 2.11. The predicted molar refractivity (Wildman–Crippen MR) is 118 cm³/mol. The van der Waals surface area contributed by atoms with Crippen molar-refractivity contribution < 1.29 is 4.74 Å². The predicted octanol–water partition coefficient (Wildman–Crippen LogP) is 5.43. The van der Waals surface area contributed by atoms with Crippen LogP contribution in [0.25, 0.3) is 5.69 Å². The Labute approximate surface area is 182 Å². The average molecular weight is 452 g/mol. The number of halogens is 3. The summed E-state index contributed by atoms with van der Waals surface area (Å²) in [6.07, 6.45) is 3.77. The molecular weight excluding hydrogens is 435 g/mol. The van der Waals surface area contributed by atoms with Gasteiger partial charge in [-0.2, -0.15) is 14.9 Å². The lowest BCUT2D eigenvalue weighted by atomic mass is 10.2. The number of hydrogen-bond acceptors (Lipinski definition) is 5. The number of para-hydroxylation sites is 1. The number of hydrazone groups is 1. The first-order valence-corrected chi connectivity index (χ1v) is 9.88. The van der Waals surface area contributed by atoms with Crippen LogP contribution >= 0.6 is 34.8 Å². The van der Waals surface area contributed by atoms with E-state index in [9.17, 15) is 4.79 Å². The van der Waals surface area contributed by atoms with Crippen molar-refractivity contribution in [1.82, 2.24) is 9.78 Å². The Morgan fingerprint density at radius 3 is 2.52 bits per heavy atom. The number of hydrogen-bond donors (Lipinski definition) is 1. The van der Waals surface area contributed by atoms with Gasteiger partial charge in [-0.15, -0.1) is 0 Å². The van der Waals surface area contributed by atoms with Gasteiger partial charge in [-0.25, -0.2) is 0 Å². The lowest BCUT2D eigenvalue weighted by Crippen LogP contribution is -2.22. The molecule has 0 saturated carbocycles. The van der Waals surface area contributed by atoms with E-state index < -0.39 is 5.56 Å². The molecule has 0 saturated heterocycles. The maximum Gasteiger partial charge on any atom is 0.292 e. The molecule has 0 fully saturated rings. The van der Waals surface area contributed by atoms with Crippen LogP contribution in [0.15, 0.2) is 58.6 Å². The van der Waals surface area contributed by atoms with E-state index in [0.717, 1.165) is 6.42 Å². The molecule has 29 heavy (non-hydrogen) atoms. The van der Waals surface area contributed by atoms with Crippen LogP contribution in [0.5, 0.6) is 5.75 Å². The molecule has 3 rings (SSSR count). The van der Waals surface area contributed by atoms with Crippen molar-refractivity contribution in [2.75, 3.05) is 12.0 Å². The summed E-state index contributed by atoms with van der Waals surface area (Å²) in [5.41, 5.74) is 3.80. The molecule has 0 aliphatic carbocycles. The molecule has 0 radical (unpaired) electrons. The molecule has 6 nitrogen and oxygen atoms in total. The highest BCUT2D eigenvalue weighted by Crippen LogP contribution is 2.34. The fourth-order valence-electron chi connectivity index (χ4n) is 2.44.